The van der Waals surface area contributed by atoms with E-state index in [0.717, 1.165) is 12.8 Å². The van der Waals surface area contributed by atoms with E-state index >= 15 is 0 Å². The fourth-order valence-corrected chi connectivity index (χ4v) is 3.76. The second-order valence-electron chi connectivity index (χ2n) is 9.05. The Morgan fingerprint density at radius 2 is 1.73 bits per heavy atom. The molecule has 0 bridgehead atoms. The Bertz CT molecular complexity index is 443. The van der Waals surface area contributed by atoms with E-state index in [1.807, 2.05) is 0 Å². The summed E-state index contributed by atoms with van der Waals surface area (Å²) in [6, 6.07) is 0. The van der Waals surface area contributed by atoms with Crippen LogP contribution in [-0.2, 0) is 9.53 Å². The zero-order chi connectivity index (χ0) is 17.3. The van der Waals surface area contributed by atoms with Crippen LogP contribution in [0, 0.1) is 22.7 Å². The lowest BCUT2D eigenvalue weighted by molar-refractivity contribution is -0.162. The second kappa shape index (κ2) is 6.60. The first-order chi connectivity index (χ1) is 9.84. The maximum Gasteiger partial charge on any atom is 0.310 e. The van der Waals surface area contributed by atoms with E-state index in [-0.39, 0.29) is 28.8 Å². The Labute approximate surface area is 137 Å². The molecule has 1 rings (SSSR count). The Morgan fingerprint density at radius 1 is 1.23 bits per heavy atom. The molecule has 0 radical (unpaired) electrons. The van der Waals surface area contributed by atoms with Gasteiger partial charge in [0.25, 0.3) is 0 Å². The molecule has 0 N–H and O–H groups in total. The summed E-state index contributed by atoms with van der Waals surface area (Å²) in [5.74, 6) is 0.224. The monoisotopic (exact) mass is 306 g/mol. The van der Waals surface area contributed by atoms with Gasteiger partial charge >= 0.3 is 5.97 Å². The molecule has 0 saturated carbocycles. The molecular formula is C20H34O2. The average molecular weight is 306 g/mol. The lowest BCUT2D eigenvalue weighted by Gasteiger charge is -2.40. The molecule has 1 aliphatic carbocycles. The number of hydrogen-bond donors (Lipinski definition) is 0. The van der Waals surface area contributed by atoms with Gasteiger partial charge < -0.3 is 4.74 Å². The van der Waals surface area contributed by atoms with Gasteiger partial charge in [-0.25, -0.2) is 0 Å². The first-order valence-corrected chi connectivity index (χ1v) is 8.36. The topological polar surface area (TPSA) is 26.3 Å². The van der Waals surface area contributed by atoms with Crippen LogP contribution in [0.3, 0.4) is 0 Å². The van der Waals surface area contributed by atoms with Crippen molar-refractivity contribution in [2.24, 2.45) is 22.7 Å². The van der Waals surface area contributed by atoms with Gasteiger partial charge in [0.2, 0.25) is 0 Å². The molecule has 0 amide bonds. The van der Waals surface area contributed by atoms with Crippen LogP contribution in [0.15, 0.2) is 23.8 Å². The highest BCUT2D eigenvalue weighted by molar-refractivity contribution is 5.74. The molecule has 2 atom stereocenters. The molecule has 0 fully saturated rings. The second-order valence-corrected chi connectivity index (χ2v) is 9.05. The number of carbonyl (C=O) groups is 1. The van der Waals surface area contributed by atoms with Crippen LogP contribution in [0.4, 0.5) is 0 Å². The molecule has 0 aromatic heterocycles. The number of ether oxygens (including phenoxy) is 1. The molecule has 0 aromatic rings. The summed E-state index contributed by atoms with van der Waals surface area (Å²) in [4.78, 5) is 12.9. The normalized spacial score (nSPS) is 23.2. The van der Waals surface area contributed by atoms with Crippen molar-refractivity contribution in [3.05, 3.63) is 23.8 Å². The van der Waals surface area contributed by atoms with Crippen LogP contribution in [-0.4, -0.2) is 12.1 Å². The summed E-state index contributed by atoms with van der Waals surface area (Å²) in [6.45, 7) is 20.9. The van der Waals surface area contributed by atoms with Gasteiger partial charge in [-0.15, -0.1) is 0 Å². The number of rotatable bonds is 3. The van der Waals surface area contributed by atoms with Gasteiger partial charge in [-0.3, -0.25) is 4.79 Å². The van der Waals surface area contributed by atoms with Gasteiger partial charge in [0.05, 0.1) is 5.92 Å². The molecule has 0 aromatic carbocycles. The fourth-order valence-electron chi connectivity index (χ4n) is 3.76. The van der Waals surface area contributed by atoms with Crippen molar-refractivity contribution in [1.82, 2.24) is 0 Å². The third-order valence-corrected chi connectivity index (χ3v) is 4.65. The number of esters is 1. The standard InChI is InChI=1S/C20H34O2/c1-13(2)15-11-10-14(3)16(12-15)22-18(21)17(19(4,5)6)20(7,8)9/h10,15-17H,1,11-12H2,2-9H3/t15-,16+/m0/s1. The van der Waals surface area contributed by atoms with Crippen molar-refractivity contribution >= 4 is 5.97 Å². The third-order valence-electron chi connectivity index (χ3n) is 4.65. The van der Waals surface area contributed by atoms with Crippen molar-refractivity contribution in [2.45, 2.75) is 74.3 Å². The van der Waals surface area contributed by atoms with Crippen LogP contribution in [0.2, 0.25) is 0 Å². The van der Waals surface area contributed by atoms with Gasteiger partial charge in [0.15, 0.2) is 0 Å². The zero-order valence-corrected chi connectivity index (χ0v) is 15.7. The van der Waals surface area contributed by atoms with E-state index in [0.29, 0.717) is 5.92 Å². The summed E-state index contributed by atoms with van der Waals surface area (Å²) in [5.41, 5.74) is 2.12. The third kappa shape index (κ3) is 4.72. The van der Waals surface area contributed by atoms with Gasteiger partial charge in [-0.05, 0) is 49.0 Å². The highest BCUT2D eigenvalue weighted by Gasteiger charge is 2.42. The molecule has 22 heavy (non-hydrogen) atoms. The van der Waals surface area contributed by atoms with Gasteiger partial charge in [0.1, 0.15) is 6.10 Å². The molecule has 1 aliphatic rings. The summed E-state index contributed by atoms with van der Waals surface area (Å²) in [5, 5.41) is 0. The van der Waals surface area contributed by atoms with Gasteiger partial charge in [-0.2, -0.15) is 0 Å². The fraction of sp³-hybridized carbons (Fsp3) is 0.750. The molecule has 126 valence electrons. The van der Waals surface area contributed by atoms with Gasteiger partial charge in [-0.1, -0.05) is 59.8 Å². The maximum absolute atomic E-state index is 12.9. The van der Waals surface area contributed by atoms with Crippen LogP contribution < -0.4 is 0 Å². The number of allylic oxidation sites excluding steroid dienone is 2. The van der Waals surface area contributed by atoms with Crippen molar-refractivity contribution < 1.29 is 9.53 Å². The van der Waals surface area contributed by atoms with Crippen LogP contribution in [0.25, 0.3) is 0 Å². The lowest BCUT2D eigenvalue weighted by Crippen LogP contribution is -2.42. The van der Waals surface area contributed by atoms with Crippen molar-refractivity contribution in [3.8, 4) is 0 Å². The molecule has 0 aliphatic heterocycles. The minimum Gasteiger partial charge on any atom is -0.458 e. The largest absolute Gasteiger partial charge is 0.458 e. The molecular weight excluding hydrogens is 272 g/mol. The first-order valence-electron chi connectivity index (χ1n) is 8.36. The minimum absolute atomic E-state index is 0.0693. The summed E-state index contributed by atoms with van der Waals surface area (Å²) in [7, 11) is 0. The molecule has 0 saturated heterocycles. The molecule has 2 nitrogen and oxygen atoms in total. The summed E-state index contributed by atoms with van der Waals surface area (Å²) >= 11 is 0. The molecule has 2 heteroatoms. The number of carbonyl (C=O) groups excluding carboxylic acids is 1. The van der Waals surface area contributed by atoms with Crippen LogP contribution >= 0.6 is 0 Å². The Balaban J connectivity index is 2.92. The Hall–Kier alpha value is -1.05. The van der Waals surface area contributed by atoms with Crippen molar-refractivity contribution in [2.75, 3.05) is 0 Å². The van der Waals surface area contributed by atoms with E-state index in [4.69, 9.17) is 4.74 Å². The van der Waals surface area contributed by atoms with E-state index in [1.165, 1.54) is 11.1 Å². The first kappa shape index (κ1) is 19.0. The van der Waals surface area contributed by atoms with Crippen molar-refractivity contribution in [1.29, 1.82) is 0 Å². The maximum atomic E-state index is 12.9. The Kier molecular flexibility index (Phi) is 5.70. The highest BCUT2D eigenvalue weighted by atomic mass is 16.5. The zero-order valence-electron chi connectivity index (χ0n) is 15.7. The van der Waals surface area contributed by atoms with Crippen LogP contribution in [0.1, 0.15) is 68.2 Å². The van der Waals surface area contributed by atoms with E-state index in [1.54, 1.807) is 0 Å². The van der Waals surface area contributed by atoms with E-state index in [2.05, 4.69) is 68.0 Å². The summed E-state index contributed by atoms with van der Waals surface area (Å²) < 4.78 is 5.95. The van der Waals surface area contributed by atoms with E-state index < -0.39 is 0 Å². The number of hydrogen-bond acceptors (Lipinski definition) is 2. The smallest absolute Gasteiger partial charge is 0.310 e. The average Bonchev–Trinajstić information content (AvgIpc) is 2.27. The molecule has 0 spiro atoms. The van der Waals surface area contributed by atoms with Crippen LogP contribution in [0.5, 0.6) is 0 Å². The molecule has 0 unspecified atom stereocenters. The molecule has 0 heterocycles. The predicted octanol–water partition coefficient (Wildman–Crippen LogP) is 5.54. The summed E-state index contributed by atoms with van der Waals surface area (Å²) in [6.07, 6.45) is 3.97. The SMILES string of the molecule is C=C(C)[C@H]1CC=C(C)[C@H](OC(=O)C(C(C)(C)C)C(C)(C)C)C1. The van der Waals surface area contributed by atoms with E-state index in [9.17, 15) is 4.79 Å². The van der Waals surface area contributed by atoms with Crippen molar-refractivity contribution in [3.63, 3.8) is 0 Å². The quantitative estimate of drug-likeness (QED) is 0.505. The minimum atomic E-state index is -0.127. The van der Waals surface area contributed by atoms with Gasteiger partial charge in [0, 0.05) is 0 Å². The highest BCUT2D eigenvalue weighted by Crippen LogP contribution is 2.41. The Morgan fingerprint density at radius 3 is 2.14 bits per heavy atom. The predicted molar refractivity (Wildman–Crippen MR) is 93.6 cm³/mol. The lowest BCUT2D eigenvalue weighted by atomic mass is 9.66.